The number of pyridine rings is 1. The lowest BCUT2D eigenvalue weighted by Crippen LogP contribution is -2.43. The molecule has 0 radical (unpaired) electrons. The van der Waals surface area contributed by atoms with Crippen molar-refractivity contribution in [1.82, 2.24) is 4.98 Å². The second kappa shape index (κ2) is 9.61. The zero-order valence-electron chi connectivity index (χ0n) is 15.5. The van der Waals surface area contributed by atoms with Crippen LogP contribution in [-0.2, 0) is 18.7 Å². The summed E-state index contributed by atoms with van der Waals surface area (Å²) < 4.78 is 56.5. The van der Waals surface area contributed by atoms with E-state index in [1.54, 1.807) is 35.0 Å². The van der Waals surface area contributed by atoms with Gasteiger partial charge in [-0.1, -0.05) is 5.92 Å². The third-order valence-corrected chi connectivity index (χ3v) is 5.39. The molecule has 2 heterocycles. The van der Waals surface area contributed by atoms with E-state index >= 15 is 0 Å². The number of methoxy groups -OCH3 is 1. The van der Waals surface area contributed by atoms with Gasteiger partial charge in [-0.05, 0) is 37.7 Å². The Morgan fingerprint density at radius 3 is 2.54 bits per heavy atom. The number of alkyl halides is 3. The molecule has 0 unspecified atom stereocenters. The zero-order valence-corrected chi connectivity index (χ0v) is 17.6. The van der Waals surface area contributed by atoms with E-state index in [1.165, 1.54) is 6.07 Å². The molecule has 1 saturated carbocycles. The number of ether oxygens (including phenoxy) is 2. The van der Waals surface area contributed by atoms with Crippen molar-refractivity contribution in [3.8, 4) is 11.8 Å². The first-order valence-electron chi connectivity index (χ1n) is 9.13. The number of nitrogens with zero attached hydrogens (tertiary/aromatic N) is 2. The predicted octanol–water partition coefficient (Wildman–Crippen LogP) is 3.98. The Balaban J connectivity index is 1.66. The molecule has 1 saturated heterocycles. The highest BCUT2D eigenvalue weighted by Crippen LogP contribution is 2.38. The molecule has 0 aromatic carbocycles. The highest BCUT2D eigenvalue weighted by Gasteiger charge is 2.37. The van der Waals surface area contributed by atoms with Crippen LogP contribution < -0.4 is 4.90 Å². The molecule has 2 fully saturated rings. The van der Waals surface area contributed by atoms with E-state index in [-0.39, 0.29) is 30.6 Å². The molecule has 0 bridgehead atoms. The molecular formula is C19H22F3IN2O3. The van der Waals surface area contributed by atoms with Gasteiger partial charge in [0.2, 0.25) is 0 Å². The Morgan fingerprint density at radius 1 is 1.21 bits per heavy atom. The lowest BCUT2D eigenvalue weighted by Gasteiger charge is -2.40. The van der Waals surface area contributed by atoms with Gasteiger partial charge in [-0.2, -0.15) is 13.2 Å². The van der Waals surface area contributed by atoms with Gasteiger partial charge in [0.1, 0.15) is 35.3 Å². The Kier molecular flexibility index (Phi) is 7.42. The summed E-state index contributed by atoms with van der Waals surface area (Å²) in [4.78, 5) is 5.60. The van der Waals surface area contributed by atoms with Gasteiger partial charge in [0.15, 0.2) is 0 Å². The third-order valence-electron chi connectivity index (χ3n) is 5.08. The molecule has 3 rings (SSSR count). The predicted molar refractivity (Wildman–Crippen MR) is 106 cm³/mol. The molecule has 1 aromatic heterocycles. The average molecular weight is 510 g/mol. The smallest absolute Gasteiger partial charge is 0.381 e. The van der Waals surface area contributed by atoms with Crippen LogP contribution in [0.15, 0.2) is 12.3 Å². The molecule has 0 spiro atoms. The molecule has 0 amide bonds. The highest BCUT2D eigenvalue weighted by molar-refractivity contribution is 14.1. The molecule has 5 nitrogen and oxygen atoms in total. The fourth-order valence-corrected chi connectivity index (χ4v) is 3.63. The van der Waals surface area contributed by atoms with Crippen molar-refractivity contribution in [1.29, 1.82) is 0 Å². The minimum Gasteiger partial charge on any atom is -0.381 e. The quantitative estimate of drug-likeness (QED) is 0.443. The molecule has 1 aliphatic heterocycles. The number of aromatic nitrogens is 1. The van der Waals surface area contributed by atoms with Crippen molar-refractivity contribution in [2.45, 2.75) is 50.2 Å². The van der Waals surface area contributed by atoms with Gasteiger partial charge < -0.3 is 17.4 Å². The van der Waals surface area contributed by atoms with Crippen LogP contribution >= 0.6 is 23.0 Å². The van der Waals surface area contributed by atoms with Crippen LogP contribution in [0.25, 0.3) is 0 Å². The summed E-state index contributed by atoms with van der Waals surface area (Å²) >= 11 is 1.71. The summed E-state index contributed by atoms with van der Waals surface area (Å²) in [6.07, 6.45) is 0.124. The first-order valence-corrected chi connectivity index (χ1v) is 10.0. The Morgan fingerprint density at radius 2 is 1.93 bits per heavy atom. The minimum absolute atomic E-state index is 0.0790. The van der Waals surface area contributed by atoms with Crippen LogP contribution in [0, 0.1) is 11.8 Å². The zero-order chi connectivity index (χ0) is 20.1. The van der Waals surface area contributed by atoms with E-state index in [0.29, 0.717) is 31.6 Å². The number of halogens is 4. The van der Waals surface area contributed by atoms with Gasteiger partial charge >= 0.3 is 6.18 Å². The number of anilines is 1. The fourth-order valence-electron chi connectivity index (χ4n) is 3.47. The monoisotopic (exact) mass is 510 g/mol. The second-order valence-corrected chi connectivity index (χ2v) is 7.54. The molecule has 2 aliphatic rings. The van der Waals surface area contributed by atoms with E-state index < -0.39 is 11.7 Å². The van der Waals surface area contributed by atoms with Crippen molar-refractivity contribution < 1.29 is 25.7 Å². The normalized spacial score (nSPS) is 23.1. The van der Waals surface area contributed by atoms with Gasteiger partial charge in [0, 0.05) is 26.4 Å². The molecule has 0 N–H and O–H groups in total. The maximum Gasteiger partial charge on any atom is 0.419 e. The van der Waals surface area contributed by atoms with Gasteiger partial charge in [0.25, 0.3) is 0 Å². The molecular weight excluding hydrogens is 488 g/mol. The van der Waals surface area contributed by atoms with E-state index in [4.69, 9.17) is 12.5 Å². The molecule has 28 heavy (non-hydrogen) atoms. The summed E-state index contributed by atoms with van der Waals surface area (Å²) in [7, 11) is 1.69. The van der Waals surface area contributed by atoms with Gasteiger partial charge in [-0.15, -0.1) is 0 Å². The van der Waals surface area contributed by atoms with E-state index in [0.717, 1.165) is 19.0 Å². The van der Waals surface area contributed by atoms with Gasteiger partial charge in [-0.3, -0.25) is 0 Å². The molecule has 9 heteroatoms. The number of hydrogen-bond acceptors (Lipinski definition) is 5. The van der Waals surface area contributed by atoms with Crippen LogP contribution in [0.4, 0.5) is 18.9 Å². The van der Waals surface area contributed by atoms with Crippen molar-refractivity contribution >= 4 is 28.7 Å². The fraction of sp³-hybridized carbons (Fsp3) is 0.632. The molecule has 0 atom stereocenters. The maximum atomic E-state index is 13.5. The maximum absolute atomic E-state index is 13.5. The lowest BCUT2D eigenvalue weighted by atomic mass is 9.91. The Labute approximate surface area is 176 Å². The van der Waals surface area contributed by atoms with E-state index in [2.05, 4.69) is 16.8 Å². The average Bonchev–Trinajstić information content (AvgIpc) is 2.64. The van der Waals surface area contributed by atoms with Crippen LogP contribution in [0.1, 0.15) is 36.9 Å². The van der Waals surface area contributed by atoms with Crippen molar-refractivity contribution in [2.24, 2.45) is 0 Å². The largest absolute Gasteiger partial charge is 0.419 e. The van der Waals surface area contributed by atoms with Crippen molar-refractivity contribution in [2.75, 3.05) is 31.7 Å². The first-order chi connectivity index (χ1) is 13.4. The molecule has 154 valence electrons. The van der Waals surface area contributed by atoms with Crippen LogP contribution in [0.3, 0.4) is 0 Å². The number of piperidine rings is 1. The SMILES string of the molecule is COC1CC(OC2CCN(c3cc(C#CCOI)ncc3C(F)(F)F)CC2)C1. The highest BCUT2D eigenvalue weighted by atomic mass is 127. The lowest BCUT2D eigenvalue weighted by molar-refractivity contribution is -0.137. The summed E-state index contributed by atoms with van der Waals surface area (Å²) in [5.41, 5.74) is -0.303. The van der Waals surface area contributed by atoms with E-state index in [9.17, 15) is 13.2 Å². The molecule has 1 aromatic rings. The Hall–Kier alpha value is -1.09. The van der Waals surface area contributed by atoms with Gasteiger partial charge in [-0.25, -0.2) is 4.98 Å². The van der Waals surface area contributed by atoms with Crippen molar-refractivity contribution in [3.63, 3.8) is 0 Å². The summed E-state index contributed by atoms with van der Waals surface area (Å²) in [5, 5.41) is 0. The summed E-state index contributed by atoms with van der Waals surface area (Å²) in [6.45, 7) is 1.19. The van der Waals surface area contributed by atoms with E-state index in [1.807, 2.05) is 0 Å². The first kappa shape index (κ1) is 21.6. The molecule has 1 aliphatic carbocycles. The minimum atomic E-state index is -4.46. The number of rotatable bonds is 5. The van der Waals surface area contributed by atoms with Crippen LogP contribution in [0.5, 0.6) is 0 Å². The van der Waals surface area contributed by atoms with Crippen LogP contribution in [0.2, 0.25) is 0 Å². The second-order valence-electron chi connectivity index (χ2n) is 6.91. The van der Waals surface area contributed by atoms with Gasteiger partial charge in [0.05, 0.1) is 29.6 Å². The van der Waals surface area contributed by atoms with Crippen molar-refractivity contribution in [3.05, 3.63) is 23.5 Å². The Bertz CT molecular complexity index is 721. The topological polar surface area (TPSA) is 43.8 Å². The standard InChI is InChI=1S/C19H22F3IN2O3/c1-26-15-10-16(11-15)28-14-4-6-25(7-5-14)18-9-13(3-2-8-27-23)24-12-17(18)19(20,21)22/h9,12,14-16H,4-8,10-11H2,1H3. The summed E-state index contributed by atoms with van der Waals surface area (Å²) in [6, 6.07) is 1.42. The third kappa shape index (κ3) is 5.49. The summed E-state index contributed by atoms with van der Waals surface area (Å²) in [5.74, 6) is 5.46. The number of hydrogen-bond donors (Lipinski definition) is 0. The van der Waals surface area contributed by atoms with Crippen LogP contribution in [-0.4, -0.2) is 50.1 Å².